The predicted molar refractivity (Wildman–Crippen MR) is 102 cm³/mol. The first kappa shape index (κ1) is 16.6. The summed E-state index contributed by atoms with van der Waals surface area (Å²) in [6.45, 7) is 4.16. The van der Waals surface area contributed by atoms with E-state index in [4.69, 9.17) is 0 Å². The van der Waals surface area contributed by atoms with E-state index in [1.54, 1.807) is 0 Å². The van der Waals surface area contributed by atoms with Crippen molar-refractivity contribution in [2.24, 2.45) is 13.0 Å². The van der Waals surface area contributed by atoms with Crippen LogP contribution in [0.4, 0.5) is 0 Å². The van der Waals surface area contributed by atoms with Crippen LogP contribution in [-0.4, -0.2) is 22.4 Å². The Morgan fingerprint density at radius 1 is 1.20 bits per heavy atom. The summed E-state index contributed by atoms with van der Waals surface area (Å²) < 4.78 is 2.18. The van der Waals surface area contributed by atoms with Crippen LogP contribution in [0, 0.1) is 12.8 Å². The lowest BCUT2D eigenvalue weighted by Crippen LogP contribution is -2.47. The SMILES string of the molecule is CCC(=O)C1C2CCC(CC1c1ccc(-c3c(C)ccn3C)cc1)N2. The van der Waals surface area contributed by atoms with Crippen LogP contribution in [0.15, 0.2) is 36.5 Å². The van der Waals surface area contributed by atoms with Gasteiger partial charge in [0.2, 0.25) is 0 Å². The van der Waals surface area contributed by atoms with Gasteiger partial charge in [-0.3, -0.25) is 4.79 Å². The molecule has 2 aliphatic heterocycles. The molecule has 3 nitrogen and oxygen atoms in total. The van der Waals surface area contributed by atoms with Gasteiger partial charge < -0.3 is 9.88 Å². The number of ketones is 1. The molecular formula is C22H28N2O. The van der Waals surface area contributed by atoms with E-state index in [0.717, 1.165) is 12.8 Å². The van der Waals surface area contributed by atoms with E-state index in [-0.39, 0.29) is 5.92 Å². The number of carbonyl (C=O) groups is 1. The van der Waals surface area contributed by atoms with Gasteiger partial charge in [0.15, 0.2) is 0 Å². The van der Waals surface area contributed by atoms with Gasteiger partial charge in [-0.15, -0.1) is 0 Å². The van der Waals surface area contributed by atoms with Gasteiger partial charge in [0, 0.05) is 37.7 Å². The first-order valence-corrected chi connectivity index (χ1v) is 9.59. The van der Waals surface area contributed by atoms with Crippen molar-refractivity contribution >= 4 is 5.78 Å². The monoisotopic (exact) mass is 336 g/mol. The van der Waals surface area contributed by atoms with Crippen molar-refractivity contribution in [3.8, 4) is 11.3 Å². The minimum absolute atomic E-state index is 0.145. The zero-order chi connectivity index (χ0) is 17.6. The molecule has 0 spiro atoms. The summed E-state index contributed by atoms with van der Waals surface area (Å²) in [5.74, 6) is 0.936. The third-order valence-electron chi connectivity index (χ3n) is 6.29. The van der Waals surface area contributed by atoms with Crippen LogP contribution >= 0.6 is 0 Å². The van der Waals surface area contributed by atoms with Gasteiger partial charge in [0.25, 0.3) is 0 Å². The van der Waals surface area contributed by atoms with Crippen molar-refractivity contribution in [2.45, 2.75) is 57.5 Å². The molecule has 4 unspecified atom stereocenters. The molecule has 2 aliphatic rings. The molecule has 2 fully saturated rings. The molecule has 2 bridgehead atoms. The second-order valence-corrected chi connectivity index (χ2v) is 7.82. The van der Waals surface area contributed by atoms with Gasteiger partial charge in [0.1, 0.15) is 5.78 Å². The van der Waals surface area contributed by atoms with Crippen molar-refractivity contribution in [3.05, 3.63) is 47.7 Å². The number of aromatic nitrogens is 1. The third-order valence-corrected chi connectivity index (χ3v) is 6.29. The molecule has 0 amide bonds. The number of nitrogens with one attached hydrogen (secondary N) is 1. The van der Waals surface area contributed by atoms with Crippen LogP contribution in [0.5, 0.6) is 0 Å². The zero-order valence-corrected chi connectivity index (χ0v) is 15.5. The normalized spacial score (nSPS) is 28.3. The lowest BCUT2D eigenvalue weighted by molar-refractivity contribution is -0.124. The second kappa shape index (κ2) is 6.45. The maximum Gasteiger partial charge on any atom is 0.137 e. The quantitative estimate of drug-likeness (QED) is 0.908. The van der Waals surface area contributed by atoms with Crippen molar-refractivity contribution in [3.63, 3.8) is 0 Å². The van der Waals surface area contributed by atoms with Crippen LogP contribution in [0.1, 0.15) is 49.7 Å². The van der Waals surface area contributed by atoms with Gasteiger partial charge in [-0.25, -0.2) is 0 Å². The minimum atomic E-state index is 0.145. The number of rotatable bonds is 4. The number of hydrogen-bond acceptors (Lipinski definition) is 2. The van der Waals surface area contributed by atoms with Crippen LogP contribution in [0.25, 0.3) is 11.3 Å². The Morgan fingerprint density at radius 2 is 1.96 bits per heavy atom. The Kier molecular flexibility index (Phi) is 4.28. The Labute approximate surface area is 150 Å². The molecule has 2 aromatic rings. The molecule has 2 saturated heterocycles. The number of nitrogens with zero attached hydrogens (tertiary/aromatic N) is 1. The largest absolute Gasteiger partial charge is 0.350 e. The lowest BCUT2D eigenvalue weighted by Gasteiger charge is -2.37. The summed E-state index contributed by atoms with van der Waals surface area (Å²) in [7, 11) is 2.09. The number of benzene rings is 1. The Balaban J connectivity index is 1.65. The fourth-order valence-electron chi connectivity index (χ4n) is 5.06. The van der Waals surface area contributed by atoms with E-state index in [1.807, 2.05) is 6.92 Å². The zero-order valence-electron chi connectivity index (χ0n) is 15.5. The highest BCUT2D eigenvalue weighted by molar-refractivity contribution is 5.83. The van der Waals surface area contributed by atoms with Crippen molar-refractivity contribution in [1.29, 1.82) is 0 Å². The molecule has 0 saturated carbocycles. The number of aryl methyl sites for hydroxylation is 2. The Bertz CT molecular complexity index is 754. The average molecular weight is 336 g/mol. The van der Waals surface area contributed by atoms with E-state index in [9.17, 15) is 4.79 Å². The summed E-state index contributed by atoms with van der Waals surface area (Å²) >= 11 is 0. The standard InChI is InChI=1S/C22H28N2O/c1-4-20(25)21-18(13-17-9-10-19(21)23-17)15-5-7-16(8-6-15)22-14(2)11-12-24(22)3/h5-8,11-12,17-19,21,23H,4,9-10,13H2,1-3H3. The summed E-state index contributed by atoms with van der Waals surface area (Å²) in [6.07, 6.45) is 6.21. The predicted octanol–water partition coefficient (Wildman–Crippen LogP) is 4.20. The number of Topliss-reactive ketones (excluding diaryl/α,β-unsaturated/α-hetero) is 1. The third kappa shape index (κ3) is 2.85. The molecule has 0 aliphatic carbocycles. The highest BCUT2D eigenvalue weighted by Crippen LogP contribution is 2.43. The summed E-state index contributed by atoms with van der Waals surface area (Å²) in [5, 5.41) is 3.68. The number of fused-ring (bicyclic) bond motifs is 2. The van der Waals surface area contributed by atoms with Crippen LogP contribution in [0.3, 0.4) is 0 Å². The van der Waals surface area contributed by atoms with E-state index in [1.165, 1.54) is 28.8 Å². The fraction of sp³-hybridized carbons (Fsp3) is 0.500. The van der Waals surface area contributed by atoms with Crippen LogP contribution in [-0.2, 0) is 11.8 Å². The molecular weight excluding hydrogens is 308 g/mol. The Morgan fingerprint density at radius 3 is 2.60 bits per heavy atom. The maximum atomic E-state index is 12.6. The van der Waals surface area contributed by atoms with Crippen molar-refractivity contribution in [2.75, 3.05) is 0 Å². The van der Waals surface area contributed by atoms with Gasteiger partial charge in [0.05, 0.1) is 5.69 Å². The topological polar surface area (TPSA) is 34.0 Å². The summed E-state index contributed by atoms with van der Waals surface area (Å²) in [4.78, 5) is 12.6. The van der Waals surface area contributed by atoms with Gasteiger partial charge in [-0.1, -0.05) is 31.2 Å². The number of hydrogen-bond donors (Lipinski definition) is 1. The molecule has 4 atom stereocenters. The maximum absolute atomic E-state index is 12.6. The van der Waals surface area contributed by atoms with E-state index >= 15 is 0 Å². The molecule has 1 aromatic heterocycles. The number of carbonyl (C=O) groups excluding carboxylic acids is 1. The highest BCUT2D eigenvalue weighted by Gasteiger charge is 2.44. The summed E-state index contributed by atoms with van der Waals surface area (Å²) in [5.41, 5.74) is 5.16. The first-order chi connectivity index (χ1) is 12.1. The molecule has 0 radical (unpaired) electrons. The molecule has 4 rings (SSSR count). The van der Waals surface area contributed by atoms with Crippen LogP contribution < -0.4 is 5.32 Å². The van der Waals surface area contributed by atoms with Crippen LogP contribution in [0.2, 0.25) is 0 Å². The van der Waals surface area contributed by atoms with Crippen molar-refractivity contribution in [1.82, 2.24) is 9.88 Å². The molecule has 3 heteroatoms. The Hall–Kier alpha value is -1.87. The van der Waals surface area contributed by atoms with Crippen molar-refractivity contribution < 1.29 is 4.79 Å². The first-order valence-electron chi connectivity index (χ1n) is 9.59. The second-order valence-electron chi connectivity index (χ2n) is 7.82. The molecule has 132 valence electrons. The average Bonchev–Trinajstić information content (AvgIpc) is 3.17. The van der Waals surface area contributed by atoms with Gasteiger partial charge in [-0.05, 0) is 54.9 Å². The highest BCUT2D eigenvalue weighted by atomic mass is 16.1. The van der Waals surface area contributed by atoms with E-state index in [2.05, 4.69) is 60.4 Å². The number of piperidine rings is 1. The molecule has 1 aromatic carbocycles. The lowest BCUT2D eigenvalue weighted by atomic mass is 9.74. The van der Waals surface area contributed by atoms with E-state index < -0.39 is 0 Å². The minimum Gasteiger partial charge on any atom is -0.350 e. The molecule has 1 N–H and O–H groups in total. The van der Waals surface area contributed by atoms with E-state index in [0.29, 0.717) is 30.2 Å². The molecule has 25 heavy (non-hydrogen) atoms. The molecule has 3 heterocycles. The summed E-state index contributed by atoms with van der Waals surface area (Å²) in [6, 6.07) is 12.1. The van der Waals surface area contributed by atoms with Gasteiger partial charge >= 0.3 is 0 Å². The van der Waals surface area contributed by atoms with Gasteiger partial charge in [-0.2, -0.15) is 0 Å². The smallest absolute Gasteiger partial charge is 0.137 e. The fourth-order valence-corrected chi connectivity index (χ4v) is 5.06.